The van der Waals surface area contributed by atoms with Gasteiger partial charge in [0.1, 0.15) is 22.2 Å². The number of nitrogens with zero attached hydrogens (tertiary/aromatic N) is 2. The highest BCUT2D eigenvalue weighted by molar-refractivity contribution is 7.16. The largest absolute Gasteiger partial charge is 0.497 e. The maximum atomic E-state index is 13.6. The van der Waals surface area contributed by atoms with E-state index in [1.807, 2.05) is 91.9 Å². The highest BCUT2D eigenvalue weighted by atomic mass is 32.1. The summed E-state index contributed by atoms with van der Waals surface area (Å²) in [7, 11) is 1.63. The van der Waals surface area contributed by atoms with Crippen LogP contribution in [0.3, 0.4) is 0 Å². The molecule has 3 aromatic carbocycles. The third-order valence-corrected chi connectivity index (χ3v) is 10.1. The van der Waals surface area contributed by atoms with E-state index in [9.17, 15) is 9.59 Å². The molecule has 1 aliphatic heterocycles. The number of thiazole rings is 1. The molecule has 10 heteroatoms. The molecule has 0 aliphatic carbocycles. The summed E-state index contributed by atoms with van der Waals surface area (Å²) in [4.78, 5) is 34.8. The molecule has 2 aromatic heterocycles. The molecule has 1 saturated heterocycles. The fraction of sp³-hybridized carbons (Fsp3) is 0.343. The van der Waals surface area contributed by atoms with E-state index in [1.165, 1.54) is 4.57 Å². The van der Waals surface area contributed by atoms with Crippen LogP contribution in [-0.2, 0) is 10.3 Å². The fourth-order valence-corrected chi connectivity index (χ4v) is 7.24. The molecule has 3 heterocycles. The molecule has 1 aliphatic rings. The van der Waals surface area contributed by atoms with Crippen molar-refractivity contribution in [3.63, 3.8) is 0 Å². The zero-order valence-corrected chi connectivity index (χ0v) is 26.7. The Balaban J connectivity index is 1.55. The maximum Gasteiger partial charge on any atom is 0.311 e. The number of nitrogens with two attached hydrogens (primary N) is 1. The summed E-state index contributed by atoms with van der Waals surface area (Å²) >= 11 is 0.880. The molecular weight excluding hydrogens is 586 g/mol. The van der Waals surface area contributed by atoms with Crippen LogP contribution in [0, 0.1) is 11.8 Å². The SMILES string of the molecule is CC[C@H](C)[C@@H]1C[C@@H]([C@@H](C)N)[C@H](n2c(=O)sc3c(=O)[nH]c(NC(c4ccccc4)(c4ccccc4)c4ccc(OC)cc4)nc32)O1. The second kappa shape index (κ2) is 12.6. The van der Waals surface area contributed by atoms with E-state index in [0.29, 0.717) is 5.92 Å². The zero-order valence-electron chi connectivity index (χ0n) is 25.9. The van der Waals surface area contributed by atoms with Gasteiger partial charge in [-0.25, -0.2) is 0 Å². The van der Waals surface area contributed by atoms with Crippen molar-refractivity contribution in [2.45, 2.75) is 57.5 Å². The first kappa shape index (κ1) is 30.8. The summed E-state index contributed by atoms with van der Waals surface area (Å²) in [6, 6.07) is 27.6. The molecule has 0 bridgehead atoms. The third-order valence-electron chi connectivity index (χ3n) is 9.11. The van der Waals surface area contributed by atoms with Gasteiger partial charge in [-0.15, -0.1) is 0 Å². The summed E-state index contributed by atoms with van der Waals surface area (Å²) < 4.78 is 13.8. The fourth-order valence-electron chi connectivity index (χ4n) is 6.40. The first-order valence-electron chi connectivity index (χ1n) is 15.4. The molecule has 5 atom stereocenters. The van der Waals surface area contributed by atoms with E-state index in [-0.39, 0.29) is 39.2 Å². The van der Waals surface area contributed by atoms with Crippen molar-refractivity contribution >= 4 is 27.6 Å². The topological polar surface area (TPSA) is 124 Å². The van der Waals surface area contributed by atoms with E-state index in [0.717, 1.165) is 46.6 Å². The minimum atomic E-state index is -0.973. The lowest BCUT2D eigenvalue weighted by Gasteiger charge is -2.37. The molecule has 1 fully saturated rings. The third kappa shape index (κ3) is 5.58. The number of benzene rings is 3. The van der Waals surface area contributed by atoms with Gasteiger partial charge in [0.25, 0.3) is 5.56 Å². The minimum Gasteiger partial charge on any atom is -0.497 e. The molecule has 45 heavy (non-hydrogen) atoms. The summed E-state index contributed by atoms with van der Waals surface area (Å²) in [5.41, 5.74) is 8.11. The summed E-state index contributed by atoms with van der Waals surface area (Å²) in [5.74, 6) is 1.13. The first-order valence-corrected chi connectivity index (χ1v) is 16.2. The van der Waals surface area contributed by atoms with E-state index in [1.54, 1.807) is 7.11 Å². The number of anilines is 1. The van der Waals surface area contributed by atoms with Gasteiger partial charge in [0.2, 0.25) is 5.95 Å². The van der Waals surface area contributed by atoms with Gasteiger partial charge in [-0.05, 0) is 48.1 Å². The van der Waals surface area contributed by atoms with Gasteiger partial charge in [-0.1, -0.05) is 104 Å². The van der Waals surface area contributed by atoms with Crippen LogP contribution >= 0.6 is 11.3 Å². The molecular formula is C35H39N5O4S. The molecule has 4 N–H and O–H groups in total. The number of methoxy groups -OCH3 is 1. The van der Waals surface area contributed by atoms with Gasteiger partial charge in [0.05, 0.1) is 13.2 Å². The molecule has 0 spiro atoms. The summed E-state index contributed by atoms with van der Waals surface area (Å²) in [5, 5.41) is 3.63. The number of hydrogen-bond donors (Lipinski definition) is 3. The van der Waals surface area contributed by atoms with Crippen molar-refractivity contribution in [2.75, 3.05) is 12.4 Å². The van der Waals surface area contributed by atoms with Crippen LogP contribution in [0.25, 0.3) is 10.3 Å². The molecule has 234 valence electrons. The number of H-pyrrole nitrogens is 1. The smallest absolute Gasteiger partial charge is 0.311 e. The second-order valence-electron chi connectivity index (χ2n) is 11.9. The van der Waals surface area contributed by atoms with Crippen molar-refractivity contribution < 1.29 is 9.47 Å². The standard InChI is InChI=1S/C35H39N5O4S/c1-5-21(2)28-20-27(22(3)36)32(44-28)40-30-29(45-34(40)42)31(41)38-33(37-30)39-35(23-12-8-6-9-13-23,24-14-10-7-11-15-24)25-16-18-26(43-4)19-17-25/h6-19,21-22,27-28,32H,5,20,36H2,1-4H3,(H2,37,38,39,41)/t21-,22+,27-,28-,32+/m0/s1. The highest BCUT2D eigenvalue weighted by Gasteiger charge is 2.42. The predicted molar refractivity (Wildman–Crippen MR) is 179 cm³/mol. The number of aromatic nitrogens is 3. The van der Waals surface area contributed by atoms with E-state index in [4.69, 9.17) is 20.2 Å². The van der Waals surface area contributed by atoms with Crippen molar-refractivity contribution in [1.82, 2.24) is 14.5 Å². The highest BCUT2D eigenvalue weighted by Crippen LogP contribution is 2.42. The van der Waals surface area contributed by atoms with E-state index >= 15 is 0 Å². The van der Waals surface area contributed by atoms with Crippen LogP contribution in [0.15, 0.2) is 94.5 Å². The normalized spacial score (nSPS) is 19.8. The number of nitrogens with one attached hydrogen (secondary N) is 2. The lowest BCUT2D eigenvalue weighted by Crippen LogP contribution is -2.39. The van der Waals surface area contributed by atoms with Gasteiger partial charge in [0.15, 0.2) is 5.65 Å². The molecule has 0 unspecified atom stereocenters. The predicted octanol–water partition coefficient (Wildman–Crippen LogP) is 5.86. The van der Waals surface area contributed by atoms with Crippen LogP contribution < -0.4 is 26.2 Å². The number of hydrogen-bond acceptors (Lipinski definition) is 8. The number of rotatable bonds is 10. The number of aromatic amines is 1. The van der Waals surface area contributed by atoms with Crippen molar-refractivity contribution in [3.8, 4) is 5.75 Å². The van der Waals surface area contributed by atoms with Crippen molar-refractivity contribution in [2.24, 2.45) is 17.6 Å². The van der Waals surface area contributed by atoms with Gasteiger partial charge < -0.3 is 20.5 Å². The molecule has 0 radical (unpaired) electrons. The van der Waals surface area contributed by atoms with Gasteiger partial charge >= 0.3 is 4.87 Å². The molecule has 5 aromatic rings. The molecule has 0 saturated carbocycles. The summed E-state index contributed by atoms with van der Waals surface area (Å²) in [6.07, 6.45) is 1.01. The lowest BCUT2D eigenvalue weighted by molar-refractivity contribution is -0.0344. The van der Waals surface area contributed by atoms with Crippen LogP contribution in [0.5, 0.6) is 5.75 Å². The van der Waals surface area contributed by atoms with Gasteiger partial charge in [-0.3, -0.25) is 19.1 Å². The Hall–Kier alpha value is -4.25. The van der Waals surface area contributed by atoms with Crippen LogP contribution in [0.4, 0.5) is 5.95 Å². The quantitative estimate of drug-likeness (QED) is 0.166. The Morgan fingerprint density at radius 3 is 2.18 bits per heavy atom. The Bertz CT molecular complexity index is 1830. The van der Waals surface area contributed by atoms with Gasteiger partial charge in [0, 0.05) is 12.0 Å². The van der Waals surface area contributed by atoms with E-state index < -0.39 is 17.3 Å². The zero-order chi connectivity index (χ0) is 31.7. The Morgan fingerprint density at radius 2 is 1.62 bits per heavy atom. The average molecular weight is 626 g/mol. The summed E-state index contributed by atoms with van der Waals surface area (Å²) in [6.45, 7) is 6.22. The lowest BCUT2D eigenvalue weighted by atomic mass is 9.77. The Morgan fingerprint density at radius 1 is 1.02 bits per heavy atom. The maximum absolute atomic E-state index is 13.6. The minimum absolute atomic E-state index is 0.0451. The van der Waals surface area contributed by atoms with Crippen LogP contribution in [0.1, 0.15) is 56.5 Å². The number of fused-ring (bicyclic) bond motifs is 1. The molecule has 6 rings (SSSR count). The average Bonchev–Trinajstić information content (AvgIpc) is 3.65. The van der Waals surface area contributed by atoms with Crippen molar-refractivity contribution in [1.29, 1.82) is 0 Å². The first-order chi connectivity index (χ1) is 21.8. The second-order valence-corrected chi connectivity index (χ2v) is 12.8. The molecule has 0 amide bonds. The van der Waals surface area contributed by atoms with Crippen molar-refractivity contribution in [3.05, 3.63) is 122 Å². The number of ether oxygens (including phenoxy) is 2. The Labute approximate surface area is 266 Å². The monoisotopic (exact) mass is 625 g/mol. The van der Waals surface area contributed by atoms with Gasteiger partial charge in [-0.2, -0.15) is 4.98 Å². The Kier molecular flexibility index (Phi) is 8.63. The van der Waals surface area contributed by atoms with Crippen LogP contribution in [0.2, 0.25) is 0 Å². The molecule has 9 nitrogen and oxygen atoms in total. The van der Waals surface area contributed by atoms with Crippen LogP contribution in [-0.4, -0.2) is 33.8 Å². The van der Waals surface area contributed by atoms with E-state index in [2.05, 4.69) is 24.1 Å².